The van der Waals surface area contributed by atoms with Crippen LogP contribution in [0.4, 0.5) is 0 Å². The standard InChI is InChI=1S/C25H35NO4SSi/c1-20-12-14-22(15-13-20)31(27,28)29-19-21-9-7-16-25-17-8-11-24(30-26(21)25)23(25)10-5-6-18-32(2,3)4/h5,10,12-15,21,23-24H,7-9,11,16-17,19H2,1-4H3/b10-5-/t21-,23+,24-,25+/m0/s1. The second-order valence-electron chi connectivity index (χ2n) is 10.5. The van der Waals surface area contributed by atoms with Gasteiger partial charge in [-0.3, -0.25) is 9.02 Å². The lowest BCUT2D eigenvalue weighted by atomic mass is 9.67. The molecule has 174 valence electrons. The van der Waals surface area contributed by atoms with Crippen molar-refractivity contribution in [3.8, 4) is 11.5 Å². The topological polar surface area (TPSA) is 55.8 Å². The van der Waals surface area contributed by atoms with Gasteiger partial charge in [0, 0.05) is 5.92 Å². The summed E-state index contributed by atoms with van der Waals surface area (Å²) in [5, 5.41) is 2.12. The lowest BCUT2D eigenvalue weighted by molar-refractivity contribution is -0.226. The molecule has 1 aliphatic carbocycles. The Labute approximate surface area is 194 Å². The summed E-state index contributed by atoms with van der Waals surface area (Å²) in [5.74, 6) is 3.56. The van der Waals surface area contributed by atoms with Gasteiger partial charge in [-0.25, -0.2) is 0 Å². The Morgan fingerprint density at radius 2 is 1.88 bits per heavy atom. The molecule has 7 heteroatoms. The molecule has 0 radical (unpaired) electrons. The molecule has 2 heterocycles. The molecule has 2 aliphatic heterocycles. The van der Waals surface area contributed by atoms with Crippen LogP contribution in [0.25, 0.3) is 0 Å². The van der Waals surface area contributed by atoms with Crippen molar-refractivity contribution in [1.82, 2.24) is 5.06 Å². The minimum Gasteiger partial charge on any atom is -0.294 e. The number of hydrogen-bond acceptors (Lipinski definition) is 5. The van der Waals surface area contributed by atoms with E-state index in [0.717, 1.165) is 44.1 Å². The van der Waals surface area contributed by atoms with E-state index in [1.165, 1.54) is 0 Å². The van der Waals surface area contributed by atoms with Crippen molar-refractivity contribution in [2.75, 3.05) is 6.61 Å². The van der Waals surface area contributed by atoms with Crippen molar-refractivity contribution in [1.29, 1.82) is 0 Å². The number of fused-ring (bicyclic) bond motifs is 1. The molecule has 1 saturated carbocycles. The summed E-state index contributed by atoms with van der Waals surface area (Å²) in [6.45, 7) is 8.80. The monoisotopic (exact) mass is 473 g/mol. The molecular formula is C25H35NO4SSi. The van der Waals surface area contributed by atoms with Crippen molar-refractivity contribution >= 4 is 18.2 Å². The van der Waals surface area contributed by atoms with Gasteiger partial charge >= 0.3 is 0 Å². The smallest absolute Gasteiger partial charge is 0.294 e. The second kappa shape index (κ2) is 9.07. The van der Waals surface area contributed by atoms with Gasteiger partial charge in [0.05, 0.1) is 29.2 Å². The van der Waals surface area contributed by atoms with Gasteiger partial charge in [-0.05, 0) is 63.7 Å². The summed E-state index contributed by atoms with van der Waals surface area (Å²) in [6.07, 6.45) is 10.7. The van der Waals surface area contributed by atoms with Crippen LogP contribution in [-0.4, -0.2) is 45.8 Å². The maximum absolute atomic E-state index is 12.7. The molecule has 4 rings (SSSR count). The Morgan fingerprint density at radius 3 is 2.56 bits per heavy atom. The number of allylic oxidation sites excluding steroid dienone is 1. The van der Waals surface area contributed by atoms with Crippen LogP contribution in [0.2, 0.25) is 19.6 Å². The molecule has 4 atom stereocenters. The van der Waals surface area contributed by atoms with Crippen molar-refractivity contribution in [2.24, 2.45) is 5.92 Å². The van der Waals surface area contributed by atoms with Crippen LogP contribution in [0.5, 0.6) is 0 Å². The number of benzene rings is 1. The van der Waals surface area contributed by atoms with E-state index in [0.29, 0.717) is 5.92 Å². The summed E-state index contributed by atoms with van der Waals surface area (Å²) >= 11 is 0. The SMILES string of the molecule is Cc1ccc(S(=O)(=O)OC[C@@H]2CCC[C@]34CCC[C@H](ON23)[C@H]4/C=C\C#C[Si](C)(C)C)cc1. The van der Waals surface area contributed by atoms with Crippen LogP contribution < -0.4 is 0 Å². The van der Waals surface area contributed by atoms with Crippen LogP contribution in [0.3, 0.4) is 0 Å². The Hall–Kier alpha value is -1.43. The highest BCUT2D eigenvalue weighted by Gasteiger charge is 2.59. The van der Waals surface area contributed by atoms with E-state index in [9.17, 15) is 8.42 Å². The molecule has 3 fully saturated rings. The van der Waals surface area contributed by atoms with Gasteiger partial charge in [-0.15, -0.1) is 5.54 Å². The first-order valence-electron chi connectivity index (χ1n) is 11.7. The normalized spacial score (nSPS) is 30.7. The fourth-order valence-electron chi connectivity index (χ4n) is 5.35. The second-order valence-corrected chi connectivity index (χ2v) is 16.8. The van der Waals surface area contributed by atoms with Crippen molar-refractivity contribution in [2.45, 2.75) is 87.7 Å². The van der Waals surface area contributed by atoms with Gasteiger partial charge in [0.25, 0.3) is 10.1 Å². The number of rotatable bonds is 5. The van der Waals surface area contributed by atoms with Crippen LogP contribution in [-0.2, 0) is 19.1 Å². The number of aryl methyl sites for hydroxylation is 1. The summed E-state index contributed by atoms with van der Waals surface area (Å²) in [5.41, 5.74) is 4.36. The van der Waals surface area contributed by atoms with Gasteiger partial charge in [0.15, 0.2) is 0 Å². The fraction of sp³-hybridized carbons (Fsp3) is 0.600. The molecule has 1 spiro atoms. The van der Waals surface area contributed by atoms with E-state index in [-0.39, 0.29) is 29.2 Å². The summed E-state index contributed by atoms with van der Waals surface area (Å²) in [4.78, 5) is 6.66. The minimum absolute atomic E-state index is 0.0592. The Morgan fingerprint density at radius 1 is 1.19 bits per heavy atom. The zero-order valence-corrected chi connectivity index (χ0v) is 21.5. The molecule has 3 aliphatic rings. The minimum atomic E-state index is -3.79. The van der Waals surface area contributed by atoms with Crippen LogP contribution in [0, 0.1) is 24.3 Å². The molecular weight excluding hydrogens is 438 g/mol. The third kappa shape index (κ3) is 4.90. The van der Waals surface area contributed by atoms with E-state index in [1.54, 1.807) is 24.3 Å². The first-order valence-corrected chi connectivity index (χ1v) is 16.6. The average molecular weight is 474 g/mol. The number of hydrogen-bond donors (Lipinski definition) is 0. The van der Waals surface area contributed by atoms with Gasteiger partial charge in [0.1, 0.15) is 8.07 Å². The molecule has 0 amide bonds. The van der Waals surface area contributed by atoms with Crippen LogP contribution in [0.15, 0.2) is 41.3 Å². The highest BCUT2D eigenvalue weighted by atomic mass is 32.2. The van der Waals surface area contributed by atoms with E-state index in [1.807, 2.05) is 13.0 Å². The molecule has 0 unspecified atom stereocenters. The number of nitrogens with zero attached hydrogens (tertiary/aromatic N) is 1. The van der Waals surface area contributed by atoms with Crippen molar-refractivity contribution in [3.05, 3.63) is 42.0 Å². The zero-order valence-electron chi connectivity index (χ0n) is 19.6. The fourth-order valence-corrected chi connectivity index (χ4v) is 6.80. The molecule has 0 N–H and O–H groups in total. The highest BCUT2D eigenvalue weighted by Crippen LogP contribution is 2.53. The summed E-state index contributed by atoms with van der Waals surface area (Å²) in [7, 11) is -5.18. The maximum atomic E-state index is 12.7. The number of piperidine rings is 1. The van der Waals surface area contributed by atoms with Crippen molar-refractivity contribution in [3.63, 3.8) is 0 Å². The summed E-state index contributed by atoms with van der Waals surface area (Å²) < 4.78 is 31.0. The Kier molecular flexibility index (Phi) is 6.72. The largest absolute Gasteiger partial charge is 0.297 e. The van der Waals surface area contributed by atoms with Crippen LogP contribution >= 0.6 is 0 Å². The Balaban J connectivity index is 1.49. The molecule has 32 heavy (non-hydrogen) atoms. The van der Waals surface area contributed by atoms with Crippen LogP contribution in [0.1, 0.15) is 44.1 Å². The van der Waals surface area contributed by atoms with Gasteiger partial charge in [-0.1, -0.05) is 49.3 Å². The average Bonchev–Trinajstić information content (AvgIpc) is 2.89. The lowest BCUT2D eigenvalue weighted by Gasteiger charge is -2.47. The quantitative estimate of drug-likeness (QED) is 0.348. The van der Waals surface area contributed by atoms with Gasteiger partial charge in [-0.2, -0.15) is 13.5 Å². The van der Waals surface area contributed by atoms with E-state index < -0.39 is 18.2 Å². The first kappa shape index (κ1) is 23.7. The van der Waals surface area contributed by atoms with E-state index in [4.69, 9.17) is 9.02 Å². The van der Waals surface area contributed by atoms with Crippen molar-refractivity contribution < 1.29 is 17.4 Å². The van der Waals surface area contributed by atoms with E-state index >= 15 is 0 Å². The van der Waals surface area contributed by atoms with Gasteiger partial charge < -0.3 is 0 Å². The zero-order chi connectivity index (χ0) is 23.0. The maximum Gasteiger partial charge on any atom is 0.297 e. The number of hydroxylamine groups is 2. The Bertz CT molecular complexity index is 1010. The molecule has 0 aromatic heterocycles. The first-order chi connectivity index (χ1) is 15.1. The third-order valence-electron chi connectivity index (χ3n) is 6.85. The molecule has 2 saturated heterocycles. The third-order valence-corrected chi connectivity index (χ3v) is 9.04. The van der Waals surface area contributed by atoms with Gasteiger partial charge in [0.2, 0.25) is 0 Å². The lowest BCUT2D eigenvalue weighted by Crippen LogP contribution is -2.56. The predicted molar refractivity (Wildman–Crippen MR) is 129 cm³/mol. The summed E-state index contributed by atoms with van der Waals surface area (Å²) in [6, 6.07) is 6.74. The highest BCUT2D eigenvalue weighted by molar-refractivity contribution is 7.86. The molecule has 1 aromatic carbocycles. The molecule has 1 aromatic rings. The molecule has 5 nitrogen and oxygen atoms in total. The molecule has 2 bridgehead atoms. The van der Waals surface area contributed by atoms with E-state index in [2.05, 4.69) is 42.2 Å². The predicted octanol–water partition coefficient (Wildman–Crippen LogP) is 4.84.